The van der Waals surface area contributed by atoms with E-state index < -0.39 is 11.9 Å². The van der Waals surface area contributed by atoms with Gasteiger partial charge in [0.1, 0.15) is 18.3 Å². The molecule has 2 aromatic carbocycles. The van der Waals surface area contributed by atoms with E-state index in [1.54, 1.807) is 30.3 Å². The third-order valence-corrected chi connectivity index (χ3v) is 5.79. The number of halogens is 1. The molecule has 1 aliphatic rings. The Labute approximate surface area is 194 Å². The minimum Gasteiger partial charge on any atom is -0.507 e. The van der Waals surface area contributed by atoms with Gasteiger partial charge >= 0.3 is 0 Å². The van der Waals surface area contributed by atoms with Gasteiger partial charge in [0.05, 0.1) is 22.9 Å². The van der Waals surface area contributed by atoms with Crippen molar-refractivity contribution >= 4 is 40.1 Å². The van der Waals surface area contributed by atoms with E-state index in [0.717, 1.165) is 24.3 Å². The lowest BCUT2D eigenvalue weighted by Crippen LogP contribution is -2.48. The van der Waals surface area contributed by atoms with Gasteiger partial charge < -0.3 is 25.4 Å². The van der Waals surface area contributed by atoms with Crippen LogP contribution in [0.2, 0.25) is 0 Å². The molecule has 0 aliphatic carbocycles. The van der Waals surface area contributed by atoms with E-state index in [-0.39, 0.29) is 24.6 Å². The van der Waals surface area contributed by atoms with Gasteiger partial charge in [0, 0.05) is 30.8 Å². The third kappa shape index (κ3) is 6.32. The maximum absolute atomic E-state index is 12.8. The van der Waals surface area contributed by atoms with Crippen molar-refractivity contribution < 1.29 is 19.4 Å². The lowest BCUT2D eigenvalue weighted by molar-refractivity contribution is -0.122. The average Bonchev–Trinajstić information content (AvgIpc) is 2.80. The number of phenolic OH excluding ortho intramolecular Hbond substituents is 1. The number of anilines is 1. The lowest BCUT2D eigenvalue weighted by Gasteiger charge is -2.28. The number of hydrogen-bond donors (Lipinski definition) is 3. The fourth-order valence-corrected chi connectivity index (χ4v) is 3.84. The average molecular weight is 534 g/mol. The van der Waals surface area contributed by atoms with Gasteiger partial charge in [-0.3, -0.25) is 9.59 Å². The van der Waals surface area contributed by atoms with E-state index in [1.807, 2.05) is 40.8 Å². The van der Waals surface area contributed by atoms with E-state index in [1.165, 1.54) is 0 Å². The van der Waals surface area contributed by atoms with Crippen molar-refractivity contribution in [2.45, 2.75) is 12.5 Å². The first-order valence-corrected chi connectivity index (χ1v) is 10.9. The van der Waals surface area contributed by atoms with E-state index >= 15 is 0 Å². The van der Waals surface area contributed by atoms with Crippen molar-refractivity contribution in [3.8, 4) is 11.8 Å². The second-order valence-corrected chi connectivity index (χ2v) is 8.20. The maximum Gasteiger partial charge on any atom is 0.251 e. The molecule has 31 heavy (non-hydrogen) atoms. The number of ether oxygens (including phenoxy) is 1. The van der Waals surface area contributed by atoms with Crippen LogP contribution < -0.4 is 15.5 Å². The molecule has 1 atom stereocenters. The highest BCUT2D eigenvalue weighted by atomic mass is 127. The Hall–Kier alpha value is -2.84. The van der Waals surface area contributed by atoms with Crippen LogP contribution in [-0.4, -0.2) is 55.8 Å². The highest BCUT2D eigenvalue weighted by molar-refractivity contribution is 14.1. The predicted molar refractivity (Wildman–Crippen MR) is 124 cm³/mol. The quantitative estimate of drug-likeness (QED) is 0.369. The second-order valence-electron chi connectivity index (χ2n) is 7.04. The van der Waals surface area contributed by atoms with Crippen LogP contribution in [0.25, 0.3) is 0 Å². The van der Waals surface area contributed by atoms with Crippen LogP contribution in [0.5, 0.6) is 5.75 Å². The monoisotopic (exact) mass is 534 g/mol. The van der Waals surface area contributed by atoms with Crippen molar-refractivity contribution in [3.63, 3.8) is 0 Å². The van der Waals surface area contributed by atoms with Crippen LogP contribution >= 0.6 is 22.6 Å². The van der Waals surface area contributed by atoms with Crippen molar-refractivity contribution in [2.75, 3.05) is 37.7 Å². The molecule has 2 amide bonds. The number of carbonyl (C=O) groups is 2. The van der Waals surface area contributed by atoms with Gasteiger partial charge in [-0.2, -0.15) is 5.26 Å². The Kier molecular flexibility index (Phi) is 8.08. The molecule has 162 valence electrons. The Morgan fingerprint density at radius 2 is 1.90 bits per heavy atom. The molecule has 0 aromatic heterocycles. The predicted octanol–water partition coefficient (Wildman–Crippen LogP) is 1.81. The molecule has 1 unspecified atom stereocenters. The van der Waals surface area contributed by atoms with Gasteiger partial charge in [-0.15, -0.1) is 0 Å². The largest absolute Gasteiger partial charge is 0.507 e. The number of amides is 2. The molecule has 8 nitrogen and oxygen atoms in total. The van der Waals surface area contributed by atoms with Crippen molar-refractivity contribution in [2.24, 2.45) is 0 Å². The number of nitriles is 1. The van der Waals surface area contributed by atoms with E-state index in [0.29, 0.717) is 22.3 Å². The zero-order valence-corrected chi connectivity index (χ0v) is 19.0. The van der Waals surface area contributed by atoms with Crippen LogP contribution in [0, 0.1) is 14.9 Å². The highest BCUT2D eigenvalue weighted by Crippen LogP contribution is 2.21. The first-order valence-electron chi connectivity index (χ1n) is 9.83. The molecule has 1 fully saturated rings. The molecule has 0 saturated carbocycles. The molecule has 1 aliphatic heterocycles. The molecule has 1 heterocycles. The number of morpholine rings is 1. The summed E-state index contributed by atoms with van der Waals surface area (Å²) >= 11 is 2.00. The van der Waals surface area contributed by atoms with Crippen molar-refractivity contribution in [1.29, 1.82) is 5.26 Å². The zero-order valence-electron chi connectivity index (χ0n) is 16.8. The lowest BCUT2D eigenvalue weighted by atomic mass is 10.0. The van der Waals surface area contributed by atoms with E-state index in [2.05, 4.69) is 15.5 Å². The summed E-state index contributed by atoms with van der Waals surface area (Å²) in [6.45, 7) is 2.82. The number of rotatable bonds is 7. The van der Waals surface area contributed by atoms with E-state index in [4.69, 9.17) is 10.00 Å². The molecular formula is C22H23IN4O4. The van der Waals surface area contributed by atoms with Gasteiger partial charge in [-0.25, -0.2) is 0 Å². The van der Waals surface area contributed by atoms with Gasteiger partial charge in [0.25, 0.3) is 5.91 Å². The molecule has 0 bridgehead atoms. The smallest absolute Gasteiger partial charge is 0.251 e. The Bertz CT molecular complexity index is 968. The summed E-state index contributed by atoms with van der Waals surface area (Å²) < 4.78 is 6.01. The molecule has 3 rings (SSSR count). The number of phenols is 1. The summed E-state index contributed by atoms with van der Waals surface area (Å²) in [6.07, 6.45) is 0.227. The standard InChI is InChI=1S/C22H23IN4O4/c23-18-13-15(1-6-20(18)28)14-19(22(30)25-8-7-24)26-21(29)16-2-4-17(5-3-16)27-9-11-31-12-10-27/h1-6,13,19,28H,8-12,14H2,(H,25,30)(H,26,29). The number of benzene rings is 2. The number of nitrogens with one attached hydrogen (secondary N) is 2. The van der Waals surface area contributed by atoms with Gasteiger partial charge in [0.2, 0.25) is 5.91 Å². The fraction of sp³-hybridized carbons (Fsp3) is 0.318. The maximum atomic E-state index is 12.8. The zero-order chi connectivity index (χ0) is 22.2. The SMILES string of the molecule is N#CCNC(=O)C(Cc1ccc(O)c(I)c1)NC(=O)c1ccc(N2CCOCC2)cc1. The molecule has 1 saturated heterocycles. The number of aromatic hydroxyl groups is 1. The summed E-state index contributed by atoms with van der Waals surface area (Å²) in [6, 6.07) is 13.2. The van der Waals surface area contributed by atoms with Crippen LogP contribution in [0.3, 0.4) is 0 Å². The van der Waals surface area contributed by atoms with Crippen molar-refractivity contribution in [1.82, 2.24) is 10.6 Å². The summed E-state index contributed by atoms with van der Waals surface area (Å²) in [5.41, 5.74) is 2.24. The third-order valence-electron chi connectivity index (χ3n) is 4.92. The molecule has 3 N–H and O–H groups in total. The minimum absolute atomic E-state index is 0.146. The number of carbonyl (C=O) groups excluding carboxylic acids is 2. The molecule has 0 spiro atoms. The molecule has 2 aromatic rings. The topological polar surface area (TPSA) is 115 Å². The Morgan fingerprint density at radius 1 is 1.19 bits per heavy atom. The van der Waals surface area contributed by atoms with Crippen LogP contribution in [0.1, 0.15) is 15.9 Å². The molecule has 9 heteroatoms. The summed E-state index contributed by atoms with van der Waals surface area (Å²) in [4.78, 5) is 27.5. The second kappa shape index (κ2) is 11.0. The van der Waals surface area contributed by atoms with Crippen LogP contribution in [-0.2, 0) is 16.0 Å². The highest BCUT2D eigenvalue weighted by Gasteiger charge is 2.22. The van der Waals surface area contributed by atoms with Gasteiger partial charge in [-0.05, 0) is 64.6 Å². The van der Waals surface area contributed by atoms with Gasteiger partial charge in [0.15, 0.2) is 0 Å². The van der Waals surface area contributed by atoms with Crippen LogP contribution in [0.4, 0.5) is 5.69 Å². The minimum atomic E-state index is -0.861. The van der Waals surface area contributed by atoms with Gasteiger partial charge in [-0.1, -0.05) is 6.07 Å². The summed E-state index contributed by atoms with van der Waals surface area (Å²) in [7, 11) is 0. The Balaban J connectivity index is 1.71. The Morgan fingerprint density at radius 3 is 2.55 bits per heavy atom. The fourth-order valence-electron chi connectivity index (χ4n) is 3.26. The molecular weight excluding hydrogens is 511 g/mol. The van der Waals surface area contributed by atoms with Crippen LogP contribution in [0.15, 0.2) is 42.5 Å². The first kappa shape index (κ1) is 22.8. The summed E-state index contributed by atoms with van der Waals surface area (Å²) in [5.74, 6) is -0.666. The number of nitrogens with zero attached hydrogens (tertiary/aromatic N) is 2. The van der Waals surface area contributed by atoms with E-state index in [9.17, 15) is 14.7 Å². The number of hydrogen-bond acceptors (Lipinski definition) is 6. The molecule has 0 radical (unpaired) electrons. The normalized spacial score (nSPS) is 14.4. The first-order chi connectivity index (χ1) is 15.0. The van der Waals surface area contributed by atoms with Crippen molar-refractivity contribution in [3.05, 3.63) is 57.2 Å². The summed E-state index contributed by atoms with van der Waals surface area (Å²) in [5, 5.41) is 23.7.